The minimum absolute atomic E-state index is 0.260. The molecule has 2 nitrogen and oxygen atoms in total. The van der Waals surface area contributed by atoms with Crippen molar-refractivity contribution >= 4 is 12.0 Å². The maximum absolute atomic E-state index is 12.0. The molecule has 0 bridgehead atoms. The Hall–Kier alpha value is -2.35. The van der Waals surface area contributed by atoms with E-state index in [1.165, 1.54) is 23.8 Å². The van der Waals surface area contributed by atoms with Gasteiger partial charge in [0.2, 0.25) is 0 Å². The summed E-state index contributed by atoms with van der Waals surface area (Å²) >= 11 is 0. The second kappa shape index (κ2) is 5.33. The predicted octanol–water partition coefficient (Wildman–Crippen LogP) is 3.63. The molecule has 0 radical (unpaired) electrons. The first kappa shape index (κ1) is 12.7. The van der Waals surface area contributed by atoms with Gasteiger partial charge in [-0.15, -0.1) is 0 Å². The summed E-state index contributed by atoms with van der Waals surface area (Å²) in [5.41, 5.74) is 5.41. The maximum Gasteiger partial charge on any atom is 0.338 e. The summed E-state index contributed by atoms with van der Waals surface area (Å²) in [6.45, 7) is 0. The van der Waals surface area contributed by atoms with Gasteiger partial charge in [-0.05, 0) is 41.2 Å². The van der Waals surface area contributed by atoms with Crippen molar-refractivity contribution in [3.8, 4) is 0 Å². The van der Waals surface area contributed by atoms with Gasteiger partial charge in [-0.1, -0.05) is 48.6 Å². The number of fused-ring (bicyclic) bond motifs is 2. The van der Waals surface area contributed by atoms with Gasteiger partial charge in [0.05, 0.1) is 12.7 Å². The average Bonchev–Trinajstić information content (AvgIpc) is 2.46. The molecule has 100 valence electrons. The van der Waals surface area contributed by atoms with E-state index >= 15 is 0 Å². The molecular formula is C18H16O2. The summed E-state index contributed by atoms with van der Waals surface area (Å²) < 4.78 is 4.91. The van der Waals surface area contributed by atoms with Crippen LogP contribution in [-0.4, -0.2) is 13.1 Å². The van der Waals surface area contributed by atoms with Gasteiger partial charge in [0.25, 0.3) is 0 Å². The molecule has 2 heteroatoms. The van der Waals surface area contributed by atoms with Crippen LogP contribution in [0.3, 0.4) is 0 Å². The topological polar surface area (TPSA) is 26.3 Å². The largest absolute Gasteiger partial charge is 0.465 e. The van der Waals surface area contributed by atoms with Crippen molar-refractivity contribution in [2.45, 2.75) is 12.8 Å². The third-order valence-electron chi connectivity index (χ3n) is 3.74. The summed E-state index contributed by atoms with van der Waals surface area (Å²) in [6, 6.07) is 14.2. The Kier molecular flexibility index (Phi) is 3.38. The first-order valence-corrected chi connectivity index (χ1v) is 6.73. The van der Waals surface area contributed by atoms with Crippen molar-refractivity contribution in [2.75, 3.05) is 7.11 Å². The predicted molar refractivity (Wildman–Crippen MR) is 79.8 cm³/mol. The average molecular weight is 264 g/mol. The van der Waals surface area contributed by atoms with E-state index < -0.39 is 0 Å². The number of hydrogen-bond donors (Lipinski definition) is 0. The number of ether oxygens (including phenoxy) is 1. The minimum Gasteiger partial charge on any atom is -0.465 e. The number of benzene rings is 2. The van der Waals surface area contributed by atoms with E-state index in [-0.39, 0.29) is 5.97 Å². The van der Waals surface area contributed by atoms with Crippen molar-refractivity contribution in [1.82, 2.24) is 0 Å². The van der Waals surface area contributed by atoms with Crippen molar-refractivity contribution in [3.05, 3.63) is 76.4 Å². The van der Waals surface area contributed by atoms with Crippen LogP contribution in [0, 0.1) is 0 Å². The Labute approximate surface area is 118 Å². The smallest absolute Gasteiger partial charge is 0.338 e. The van der Waals surface area contributed by atoms with Crippen molar-refractivity contribution in [1.29, 1.82) is 0 Å². The second-order valence-corrected chi connectivity index (χ2v) is 4.92. The van der Waals surface area contributed by atoms with Crippen molar-refractivity contribution in [2.24, 2.45) is 0 Å². The Balaban J connectivity index is 2.15. The first-order chi connectivity index (χ1) is 9.79. The molecule has 0 saturated heterocycles. The number of allylic oxidation sites excluding steroid dienone is 1. The van der Waals surface area contributed by atoms with Gasteiger partial charge < -0.3 is 4.74 Å². The zero-order chi connectivity index (χ0) is 13.9. The molecule has 1 aliphatic rings. The highest BCUT2D eigenvalue weighted by atomic mass is 16.5. The molecule has 0 saturated carbocycles. The lowest BCUT2D eigenvalue weighted by Gasteiger charge is -2.16. The van der Waals surface area contributed by atoms with Crippen LogP contribution >= 0.6 is 0 Å². The normalized spacial score (nSPS) is 12.8. The summed E-state index contributed by atoms with van der Waals surface area (Å²) in [5, 5.41) is 0. The molecule has 2 aromatic carbocycles. The minimum atomic E-state index is -0.260. The maximum atomic E-state index is 12.0. The summed E-state index contributed by atoms with van der Waals surface area (Å²) in [4.78, 5) is 12.0. The van der Waals surface area contributed by atoms with Crippen LogP contribution in [0.25, 0.3) is 6.08 Å². The quantitative estimate of drug-likeness (QED) is 0.735. The fraction of sp³-hybridized carbons (Fsp3) is 0.167. The van der Waals surface area contributed by atoms with E-state index in [0.717, 1.165) is 18.4 Å². The zero-order valence-corrected chi connectivity index (χ0v) is 11.4. The van der Waals surface area contributed by atoms with Crippen LogP contribution < -0.4 is 0 Å². The summed E-state index contributed by atoms with van der Waals surface area (Å²) in [7, 11) is 1.43. The number of carbonyl (C=O) groups is 1. The van der Waals surface area contributed by atoms with Crippen LogP contribution in [0.4, 0.5) is 0 Å². The second-order valence-electron chi connectivity index (χ2n) is 4.92. The lowest BCUT2D eigenvalue weighted by atomic mass is 9.89. The van der Waals surface area contributed by atoms with E-state index in [0.29, 0.717) is 5.56 Å². The highest BCUT2D eigenvalue weighted by Crippen LogP contribution is 2.25. The fourth-order valence-electron chi connectivity index (χ4n) is 2.70. The zero-order valence-electron chi connectivity index (χ0n) is 11.4. The van der Waals surface area contributed by atoms with Crippen molar-refractivity contribution in [3.63, 3.8) is 0 Å². The number of carbonyl (C=O) groups excluding carboxylic acids is 1. The molecule has 0 aliphatic heterocycles. The molecule has 0 unspecified atom stereocenters. The van der Waals surface area contributed by atoms with E-state index in [1.54, 1.807) is 0 Å². The van der Waals surface area contributed by atoms with Gasteiger partial charge in [-0.25, -0.2) is 4.79 Å². The van der Waals surface area contributed by atoms with Crippen LogP contribution in [0.2, 0.25) is 0 Å². The highest BCUT2D eigenvalue weighted by Gasteiger charge is 2.17. The molecule has 0 fully saturated rings. The van der Waals surface area contributed by atoms with Crippen molar-refractivity contribution < 1.29 is 9.53 Å². The molecule has 0 heterocycles. The first-order valence-electron chi connectivity index (χ1n) is 6.73. The van der Waals surface area contributed by atoms with Crippen LogP contribution in [0.5, 0.6) is 0 Å². The molecule has 3 rings (SSSR count). The molecule has 20 heavy (non-hydrogen) atoms. The number of rotatable bonds is 1. The molecular weight excluding hydrogens is 248 g/mol. The van der Waals surface area contributed by atoms with Crippen LogP contribution in [-0.2, 0) is 17.6 Å². The van der Waals surface area contributed by atoms with E-state index in [9.17, 15) is 4.79 Å². The molecule has 0 N–H and O–H groups in total. The monoisotopic (exact) mass is 264 g/mol. The van der Waals surface area contributed by atoms with Crippen LogP contribution in [0.1, 0.15) is 32.6 Å². The molecule has 1 aliphatic carbocycles. The van der Waals surface area contributed by atoms with Gasteiger partial charge in [0.15, 0.2) is 0 Å². The molecule has 0 atom stereocenters. The lowest BCUT2D eigenvalue weighted by Crippen LogP contribution is -2.10. The van der Waals surface area contributed by atoms with Gasteiger partial charge >= 0.3 is 5.97 Å². The lowest BCUT2D eigenvalue weighted by molar-refractivity contribution is 0.0599. The Morgan fingerprint density at radius 2 is 1.85 bits per heavy atom. The fourth-order valence-corrected chi connectivity index (χ4v) is 2.70. The van der Waals surface area contributed by atoms with Gasteiger partial charge in [-0.2, -0.15) is 0 Å². The van der Waals surface area contributed by atoms with Gasteiger partial charge in [0.1, 0.15) is 0 Å². The third-order valence-corrected chi connectivity index (χ3v) is 3.74. The number of esters is 1. The van der Waals surface area contributed by atoms with E-state index in [4.69, 9.17) is 4.74 Å². The Bertz CT molecular complexity index is 684. The standard InChI is InChI=1S/C18H16O2/c1-20-18(19)16-11-5-10-14-9-4-8-13-6-2-3-7-15(13)12-17(14)16/h2-8,10-11H,9,12H2,1H3. The molecule has 0 spiro atoms. The van der Waals surface area contributed by atoms with Gasteiger partial charge in [-0.3, -0.25) is 0 Å². The Morgan fingerprint density at radius 3 is 2.70 bits per heavy atom. The Morgan fingerprint density at radius 1 is 1.05 bits per heavy atom. The summed E-state index contributed by atoms with van der Waals surface area (Å²) in [6.07, 6.45) is 5.91. The van der Waals surface area contributed by atoms with Gasteiger partial charge in [0, 0.05) is 0 Å². The molecule has 0 aromatic heterocycles. The highest BCUT2D eigenvalue weighted by molar-refractivity contribution is 5.91. The third kappa shape index (κ3) is 2.25. The summed E-state index contributed by atoms with van der Waals surface area (Å²) in [5.74, 6) is -0.260. The molecule has 0 amide bonds. The van der Waals surface area contributed by atoms with Crippen LogP contribution in [0.15, 0.2) is 48.5 Å². The van der Waals surface area contributed by atoms with E-state index in [1.807, 2.05) is 24.3 Å². The number of methoxy groups -OCH3 is 1. The molecule has 2 aromatic rings. The SMILES string of the molecule is COC(=O)c1cccc2c1Cc1ccccc1C=CC2. The number of hydrogen-bond acceptors (Lipinski definition) is 2. The van der Waals surface area contributed by atoms with E-state index in [2.05, 4.69) is 30.4 Å².